The third-order valence-electron chi connectivity index (χ3n) is 1.49. The van der Waals surface area contributed by atoms with Gasteiger partial charge < -0.3 is 14.5 Å². The summed E-state index contributed by atoms with van der Waals surface area (Å²) in [5.74, 6) is 0.728. The van der Waals surface area contributed by atoms with Crippen molar-refractivity contribution in [1.82, 2.24) is 5.32 Å². The second-order valence-electron chi connectivity index (χ2n) is 4.10. The molecule has 0 aliphatic heterocycles. The van der Waals surface area contributed by atoms with Crippen molar-refractivity contribution >= 4 is 6.09 Å². The summed E-state index contributed by atoms with van der Waals surface area (Å²) in [7, 11) is 0. The van der Waals surface area contributed by atoms with E-state index >= 15 is 0 Å². The summed E-state index contributed by atoms with van der Waals surface area (Å²) in [6.45, 7) is 5.86. The molecule has 1 amide bonds. The summed E-state index contributed by atoms with van der Waals surface area (Å²) in [5, 5.41) is 2.60. The largest absolute Gasteiger partial charge is 0.469 e. The lowest BCUT2D eigenvalue weighted by Crippen LogP contribution is -2.33. The Morgan fingerprint density at radius 3 is 2.87 bits per heavy atom. The Hall–Kier alpha value is -1.45. The first kappa shape index (κ1) is 11.6. The Morgan fingerprint density at radius 2 is 2.33 bits per heavy atom. The van der Waals surface area contributed by atoms with Gasteiger partial charge in [0.25, 0.3) is 0 Å². The molecular formula is C11H16NO3. The van der Waals surface area contributed by atoms with Gasteiger partial charge in [0.15, 0.2) is 0 Å². The SMILES string of the molecule is CC(C)(C)OC(=O)NC[CH]c1ccco1. The fourth-order valence-electron chi connectivity index (χ4n) is 0.957. The smallest absolute Gasteiger partial charge is 0.407 e. The van der Waals surface area contributed by atoms with Gasteiger partial charge in [-0.15, -0.1) is 0 Å². The standard InChI is InChI=1S/C11H16NO3/c1-11(2,3)15-10(13)12-7-6-9-5-4-8-14-9/h4-6,8H,7H2,1-3H3,(H,12,13). The number of nitrogens with one attached hydrogen (secondary N) is 1. The second kappa shape index (κ2) is 4.87. The van der Waals surface area contributed by atoms with Gasteiger partial charge in [0.05, 0.1) is 6.26 Å². The normalized spacial score (nSPS) is 11.1. The quantitative estimate of drug-likeness (QED) is 0.833. The van der Waals surface area contributed by atoms with Gasteiger partial charge in [0, 0.05) is 13.0 Å². The fraction of sp³-hybridized carbons (Fsp3) is 0.455. The molecule has 1 heterocycles. The van der Waals surface area contributed by atoms with E-state index in [1.165, 1.54) is 0 Å². The molecule has 4 nitrogen and oxygen atoms in total. The zero-order valence-corrected chi connectivity index (χ0v) is 9.24. The molecule has 0 spiro atoms. The predicted octanol–water partition coefficient (Wildman–Crippen LogP) is 2.36. The van der Waals surface area contributed by atoms with Crippen molar-refractivity contribution in [3.05, 3.63) is 30.6 Å². The first-order valence-corrected chi connectivity index (χ1v) is 4.81. The third-order valence-corrected chi connectivity index (χ3v) is 1.49. The highest BCUT2D eigenvalue weighted by molar-refractivity contribution is 5.67. The highest BCUT2D eigenvalue weighted by Gasteiger charge is 2.15. The maximum atomic E-state index is 11.2. The topological polar surface area (TPSA) is 51.5 Å². The van der Waals surface area contributed by atoms with Crippen LogP contribution in [0.1, 0.15) is 26.5 Å². The van der Waals surface area contributed by atoms with Crippen molar-refractivity contribution in [3.8, 4) is 0 Å². The van der Waals surface area contributed by atoms with E-state index in [0.717, 1.165) is 5.76 Å². The Morgan fingerprint density at radius 1 is 1.60 bits per heavy atom. The Balaban J connectivity index is 2.18. The van der Waals surface area contributed by atoms with Crippen LogP contribution in [0.25, 0.3) is 0 Å². The molecule has 0 unspecified atom stereocenters. The zero-order valence-electron chi connectivity index (χ0n) is 9.24. The lowest BCUT2D eigenvalue weighted by Gasteiger charge is -2.19. The number of hydrogen-bond donors (Lipinski definition) is 1. The van der Waals surface area contributed by atoms with Crippen molar-refractivity contribution in [2.75, 3.05) is 6.54 Å². The number of alkyl carbamates (subject to hydrolysis) is 1. The summed E-state index contributed by atoms with van der Waals surface area (Å²) in [6, 6.07) is 3.61. The van der Waals surface area contributed by atoms with Crippen molar-refractivity contribution < 1.29 is 13.9 Å². The molecule has 0 aromatic carbocycles. The summed E-state index contributed by atoms with van der Waals surface area (Å²) in [6.07, 6.45) is 2.92. The van der Waals surface area contributed by atoms with E-state index in [1.807, 2.05) is 26.8 Å². The molecular weight excluding hydrogens is 194 g/mol. The predicted molar refractivity (Wildman–Crippen MR) is 56.3 cm³/mol. The van der Waals surface area contributed by atoms with Gasteiger partial charge in [-0.2, -0.15) is 0 Å². The molecule has 1 N–H and O–H groups in total. The van der Waals surface area contributed by atoms with Crippen molar-refractivity contribution in [1.29, 1.82) is 0 Å². The van der Waals surface area contributed by atoms with Gasteiger partial charge in [0.2, 0.25) is 0 Å². The molecule has 0 bridgehead atoms. The van der Waals surface area contributed by atoms with Crippen molar-refractivity contribution in [3.63, 3.8) is 0 Å². The maximum Gasteiger partial charge on any atom is 0.407 e. The van der Waals surface area contributed by atoms with Gasteiger partial charge in [-0.1, -0.05) is 0 Å². The molecule has 4 heteroatoms. The minimum Gasteiger partial charge on any atom is -0.469 e. The van der Waals surface area contributed by atoms with Crippen LogP contribution >= 0.6 is 0 Å². The van der Waals surface area contributed by atoms with Crippen LogP contribution in [0, 0.1) is 6.42 Å². The molecule has 0 fully saturated rings. The number of hydrogen-bond acceptors (Lipinski definition) is 3. The van der Waals surface area contributed by atoms with Gasteiger partial charge in [0.1, 0.15) is 11.4 Å². The molecule has 15 heavy (non-hydrogen) atoms. The Labute approximate surface area is 89.6 Å². The van der Waals surface area contributed by atoms with Crippen LogP contribution in [0.15, 0.2) is 22.8 Å². The van der Waals surface area contributed by atoms with E-state index in [9.17, 15) is 4.79 Å². The number of carbonyl (C=O) groups excluding carboxylic acids is 1. The van der Waals surface area contributed by atoms with Gasteiger partial charge in [-0.05, 0) is 32.9 Å². The van der Waals surface area contributed by atoms with E-state index in [2.05, 4.69) is 5.32 Å². The maximum absolute atomic E-state index is 11.2. The van der Waals surface area contributed by atoms with Crippen LogP contribution in [-0.4, -0.2) is 18.2 Å². The molecule has 1 radical (unpaired) electrons. The van der Waals surface area contributed by atoms with E-state index in [4.69, 9.17) is 9.15 Å². The van der Waals surface area contributed by atoms with Crippen LogP contribution in [0.2, 0.25) is 0 Å². The van der Waals surface area contributed by atoms with Crippen LogP contribution in [0.4, 0.5) is 4.79 Å². The monoisotopic (exact) mass is 210 g/mol. The average molecular weight is 210 g/mol. The van der Waals surface area contributed by atoms with Gasteiger partial charge in [-0.3, -0.25) is 0 Å². The third kappa shape index (κ3) is 5.10. The summed E-state index contributed by atoms with van der Waals surface area (Å²) in [5.41, 5.74) is -0.464. The summed E-state index contributed by atoms with van der Waals surface area (Å²) >= 11 is 0. The van der Waals surface area contributed by atoms with Crippen molar-refractivity contribution in [2.24, 2.45) is 0 Å². The van der Waals surface area contributed by atoms with Gasteiger partial charge in [-0.25, -0.2) is 4.79 Å². The molecule has 1 rings (SSSR count). The molecule has 0 atom stereocenters. The lowest BCUT2D eigenvalue weighted by molar-refractivity contribution is 0.0532. The Kier molecular flexibility index (Phi) is 3.77. The highest BCUT2D eigenvalue weighted by atomic mass is 16.6. The van der Waals surface area contributed by atoms with Crippen LogP contribution in [0.3, 0.4) is 0 Å². The molecule has 83 valence electrons. The van der Waals surface area contributed by atoms with E-state index in [1.54, 1.807) is 18.8 Å². The number of rotatable bonds is 3. The minimum atomic E-state index is -0.464. The summed E-state index contributed by atoms with van der Waals surface area (Å²) in [4.78, 5) is 11.2. The molecule has 1 aromatic rings. The highest BCUT2D eigenvalue weighted by Crippen LogP contribution is 2.06. The number of ether oxygens (including phenoxy) is 1. The first-order valence-electron chi connectivity index (χ1n) is 4.81. The number of furan rings is 1. The lowest BCUT2D eigenvalue weighted by atomic mass is 10.2. The fourth-order valence-corrected chi connectivity index (χ4v) is 0.957. The molecule has 0 aliphatic carbocycles. The molecule has 0 saturated carbocycles. The van der Waals surface area contributed by atoms with Crippen molar-refractivity contribution in [2.45, 2.75) is 26.4 Å². The van der Waals surface area contributed by atoms with Crippen LogP contribution in [-0.2, 0) is 4.74 Å². The number of amides is 1. The van der Waals surface area contributed by atoms with E-state index in [-0.39, 0.29) is 0 Å². The second-order valence-corrected chi connectivity index (χ2v) is 4.10. The van der Waals surface area contributed by atoms with Crippen LogP contribution < -0.4 is 5.32 Å². The minimum absolute atomic E-state index is 0.391. The zero-order chi connectivity index (χ0) is 11.3. The first-order chi connectivity index (χ1) is 6.97. The Bertz CT molecular complexity index is 298. The average Bonchev–Trinajstić information content (AvgIpc) is 2.53. The van der Waals surface area contributed by atoms with E-state index in [0.29, 0.717) is 6.54 Å². The molecule has 0 aliphatic rings. The van der Waals surface area contributed by atoms with Crippen LogP contribution in [0.5, 0.6) is 0 Å². The molecule has 0 saturated heterocycles. The number of carbonyl (C=O) groups is 1. The van der Waals surface area contributed by atoms with Gasteiger partial charge >= 0.3 is 6.09 Å². The van der Waals surface area contributed by atoms with E-state index < -0.39 is 11.7 Å². The molecule has 1 aromatic heterocycles. The summed E-state index contributed by atoms with van der Waals surface area (Å²) < 4.78 is 10.1.